The summed E-state index contributed by atoms with van der Waals surface area (Å²) in [6.45, 7) is 0. The van der Waals surface area contributed by atoms with Crippen LogP contribution in [0.5, 0.6) is 11.5 Å². The van der Waals surface area contributed by atoms with Crippen LogP contribution in [0.4, 0.5) is 0 Å². The summed E-state index contributed by atoms with van der Waals surface area (Å²) in [4.78, 5) is 12.3. The summed E-state index contributed by atoms with van der Waals surface area (Å²) in [5.41, 5.74) is 1.03. The van der Waals surface area contributed by atoms with Crippen LogP contribution in [0.1, 0.15) is 15.9 Å². The molecule has 0 fully saturated rings. The van der Waals surface area contributed by atoms with Crippen molar-refractivity contribution >= 4 is 35.4 Å². The van der Waals surface area contributed by atoms with Crippen LogP contribution in [0, 0.1) is 0 Å². The zero-order valence-electron chi connectivity index (χ0n) is 13.4. The molecule has 0 heterocycles. The second-order valence-electron chi connectivity index (χ2n) is 5.02. The third-order valence-electron chi connectivity index (χ3n) is 2.98. The van der Waals surface area contributed by atoms with Crippen molar-refractivity contribution in [3.63, 3.8) is 0 Å². The second kappa shape index (κ2) is 8.04. The van der Waals surface area contributed by atoms with Crippen molar-refractivity contribution in [2.24, 2.45) is 5.10 Å². The van der Waals surface area contributed by atoms with Gasteiger partial charge in [0.05, 0.1) is 23.9 Å². The van der Waals surface area contributed by atoms with Crippen molar-refractivity contribution in [1.82, 2.24) is 5.01 Å². The number of methoxy groups -OCH3 is 1. The van der Waals surface area contributed by atoms with Crippen molar-refractivity contribution < 1.29 is 14.3 Å². The number of esters is 1. The van der Waals surface area contributed by atoms with E-state index >= 15 is 0 Å². The molecule has 2 aromatic rings. The maximum Gasteiger partial charge on any atom is 0.345 e. The van der Waals surface area contributed by atoms with Gasteiger partial charge in [-0.05, 0) is 42.0 Å². The van der Waals surface area contributed by atoms with Gasteiger partial charge >= 0.3 is 5.97 Å². The molecule has 0 amide bonds. The fourth-order valence-electron chi connectivity index (χ4n) is 1.84. The number of hydrazone groups is 1. The number of hydrogen-bond acceptors (Lipinski definition) is 5. The highest BCUT2D eigenvalue weighted by atomic mass is 35.5. The Bertz CT molecular complexity index is 776. The van der Waals surface area contributed by atoms with E-state index in [1.165, 1.54) is 19.2 Å². The summed E-state index contributed by atoms with van der Waals surface area (Å²) >= 11 is 11.8. The van der Waals surface area contributed by atoms with Crippen molar-refractivity contribution in [3.05, 3.63) is 57.6 Å². The van der Waals surface area contributed by atoms with Gasteiger partial charge in [0.25, 0.3) is 0 Å². The average Bonchev–Trinajstić information content (AvgIpc) is 2.53. The summed E-state index contributed by atoms with van der Waals surface area (Å²) in [6.07, 6.45) is 1.67. The quantitative estimate of drug-likeness (QED) is 0.345. The molecule has 0 aliphatic rings. The maximum absolute atomic E-state index is 12.3. The fraction of sp³-hybridized carbons (Fsp3) is 0.176. The number of hydrogen-bond donors (Lipinski definition) is 0. The molecule has 5 nitrogen and oxygen atoms in total. The van der Waals surface area contributed by atoms with E-state index in [4.69, 9.17) is 32.7 Å². The van der Waals surface area contributed by atoms with Crippen LogP contribution in [0.25, 0.3) is 0 Å². The predicted octanol–water partition coefficient (Wildman–Crippen LogP) is 4.12. The maximum atomic E-state index is 12.3. The van der Waals surface area contributed by atoms with Gasteiger partial charge in [-0.2, -0.15) is 5.10 Å². The molecule has 0 aliphatic carbocycles. The molecule has 0 unspecified atom stereocenters. The van der Waals surface area contributed by atoms with E-state index < -0.39 is 5.97 Å². The summed E-state index contributed by atoms with van der Waals surface area (Å²) in [5.74, 6) is 0.108. The first-order valence-corrected chi connectivity index (χ1v) is 7.73. The van der Waals surface area contributed by atoms with Gasteiger partial charge in [-0.3, -0.25) is 0 Å². The van der Waals surface area contributed by atoms with Gasteiger partial charge in [0.2, 0.25) is 0 Å². The van der Waals surface area contributed by atoms with Crippen LogP contribution < -0.4 is 9.47 Å². The van der Waals surface area contributed by atoms with E-state index in [1.807, 2.05) is 14.1 Å². The van der Waals surface area contributed by atoms with Crippen LogP contribution in [-0.2, 0) is 0 Å². The second-order valence-corrected chi connectivity index (χ2v) is 5.86. The molecule has 0 N–H and O–H groups in total. The van der Waals surface area contributed by atoms with Crippen LogP contribution in [-0.4, -0.2) is 38.4 Å². The van der Waals surface area contributed by atoms with Crippen LogP contribution >= 0.6 is 23.2 Å². The number of rotatable bonds is 5. The van der Waals surface area contributed by atoms with E-state index in [0.717, 1.165) is 5.56 Å². The van der Waals surface area contributed by atoms with E-state index in [0.29, 0.717) is 10.8 Å². The van der Waals surface area contributed by atoms with Crippen LogP contribution in [0.3, 0.4) is 0 Å². The molecule has 2 aromatic carbocycles. The van der Waals surface area contributed by atoms with Crippen LogP contribution in [0.15, 0.2) is 41.5 Å². The zero-order chi connectivity index (χ0) is 17.7. The highest BCUT2D eigenvalue weighted by molar-refractivity contribution is 6.36. The van der Waals surface area contributed by atoms with Crippen molar-refractivity contribution in [1.29, 1.82) is 0 Å². The van der Waals surface area contributed by atoms with Gasteiger partial charge in [-0.15, -0.1) is 0 Å². The summed E-state index contributed by atoms with van der Waals surface area (Å²) in [7, 11) is 5.13. The molecule has 0 spiro atoms. The molecule has 0 aliphatic heterocycles. The Balaban J connectivity index is 2.24. The number of carbonyl (C=O) groups excluding carboxylic acids is 1. The standard InChI is InChI=1S/C17H16Cl2N2O3/c1-21(2)20-10-11-4-7-15(16(8-11)23-3)24-17(22)13-6-5-12(18)9-14(13)19/h4-10H,1-3H3/b20-10+. The Morgan fingerprint density at radius 1 is 1.12 bits per heavy atom. The smallest absolute Gasteiger partial charge is 0.345 e. The van der Waals surface area contributed by atoms with Crippen LogP contribution in [0.2, 0.25) is 10.0 Å². The topological polar surface area (TPSA) is 51.1 Å². The summed E-state index contributed by atoms with van der Waals surface area (Å²) < 4.78 is 10.6. The third-order valence-corrected chi connectivity index (χ3v) is 3.53. The molecule has 0 aromatic heterocycles. The zero-order valence-corrected chi connectivity index (χ0v) is 14.9. The minimum Gasteiger partial charge on any atom is -0.493 e. The molecule has 24 heavy (non-hydrogen) atoms. The lowest BCUT2D eigenvalue weighted by atomic mass is 10.2. The first-order valence-electron chi connectivity index (χ1n) is 6.97. The summed E-state index contributed by atoms with van der Waals surface area (Å²) in [6, 6.07) is 9.69. The molecular weight excluding hydrogens is 351 g/mol. The number of halogens is 2. The number of nitrogens with zero attached hydrogens (tertiary/aromatic N) is 2. The average molecular weight is 367 g/mol. The van der Waals surface area contributed by atoms with E-state index in [2.05, 4.69) is 5.10 Å². The molecule has 0 atom stereocenters. The molecule has 0 saturated heterocycles. The number of carbonyl (C=O) groups is 1. The molecule has 0 bridgehead atoms. The lowest BCUT2D eigenvalue weighted by molar-refractivity contribution is 0.0730. The third kappa shape index (κ3) is 4.63. The van der Waals surface area contributed by atoms with Crippen molar-refractivity contribution in [2.75, 3.05) is 21.2 Å². The van der Waals surface area contributed by atoms with E-state index in [9.17, 15) is 4.79 Å². The highest BCUT2D eigenvalue weighted by Crippen LogP contribution is 2.29. The molecular formula is C17H16Cl2N2O3. The molecule has 126 valence electrons. The minimum atomic E-state index is -0.593. The van der Waals surface area contributed by atoms with Gasteiger partial charge in [-0.1, -0.05) is 23.2 Å². The molecule has 0 saturated carbocycles. The Morgan fingerprint density at radius 3 is 2.50 bits per heavy atom. The first kappa shape index (κ1) is 18.1. The Kier molecular flexibility index (Phi) is 6.06. The van der Waals surface area contributed by atoms with Crippen molar-refractivity contribution in [2.45, 2.75) is 0 Å². The molecule has 7 heteroatoms. The van der Waals surface area contributed by atoms with Gasteiger partial charge in [0.1, 0.15) is 0 Å². The summed E-state index contributed by atoms with van der Waals surface area (Å²) in [5, 5.41) is 6.48. The van der Waals surface area contributed by atoms with Crippen molar-refractivity contribution in [3.8, 4) is 11.5 Å². The normalized spacial score (nSPS) is 10.7. The lowest BCUT2D eigenvalue weighted by Crippen LogP contribution is -2.10. The highest BCUT2D eigenvalue weighted by Gasteiger charge is 2.16. The monoisotopic (exact) mass is 366 g/mol. The minimum absolute atomic E-state index is 0.223. The number of benzene rings is 2. The van der Waals surface area contributed by atoms with Gasteiger partial charge < -0.3 is 14.5 Å². The van der Waals surface area contributed by atoms with E-state index in [-0.39, 0.29) is 16.3 Å². The molecule has 0 radical (unpaired) electrons. The largest absolute Gasteiger partial charge is 0.493 e. The van der Waals surface area contributed by atoms with Gasteiger partial charge in [-0.25, -0.2) is 4.79 Å². The Morgan fingerprint density at radius 2 is 1.88 bits per heavy atom. The Labute approximate surface area is 150 Å². The van der Waals surface area contributed by atoms with Gasteiger partial charge in [0, 0.05) is 19.1 Å². The fourth-order valence-corrected chi connectivity index (χ4v) is 2.33. The molecule has 2 rings (SSSR count). The predicted molar refractivity (Wildman–Crippen MR) is 95.7 cm³/mol. The SMILES string of the molecule is COc1cc(/C=N/N(C)C)ccc1OC(=O)c1ccc(Cl)cc1Cl. The van der Waals surface area contributed by atoms with Gasteiger partial charge in [0.15, 0.2) is 11.5 Å². The van der Waals surface area contributed by atoms with E-state index in [1.54, 1.807) is 35.5 Å². The first-order chi connectivity index (χ1) is 11.4. The Hall–Kier alpha value is -2.24. The number of ether oxygens (including phenoxy) is 2. The lowest BCUT2D eigenvalue weighted by Gasteiger charge is -2.11.